The maximum atomic E-state index is 10.8. The average molecular weight is 259 g/mol. The maximum Gasteiger partial charge on any atom is 0.363 e. The number of H-pyrrole nitrogens is 1. The molecule has 1 heterocycles. The highest BCUT2D eigenvalue weighted by atomic mass is 16.4. The second kappa shape index (κ2) is 5.54. The molecule has 0 spiro atoms. The summed E-state index contributed by atoms with van der Waals surface area (Å²) in [6.45, 7) is 0. The van der Waals surface area contributed by atoms with Gasteiger partial charge < -0.3 is 5.11 Å². The standard InChI is InChI=1S/C11H9N5O3/c17-10(18)8-3-1-7(2-4-8)5-12-15-9-6-13-16-11(19)14-9/h1-6H,(H,17,18)(H2,14,15,16,19)/b12-5-. The van der Waals surface area contributed by atoms with Gasteiger partial charge in [0.1, 0.15) is 0 Å². The van der Waals surface area contributed by atoms with Crippen LogP contribution in [0.5, 0.6) is 0 Å². The normalized spacial score (nSPS) is 10.5. The van der Waals surface area contributed by atoms with Crippen molar-refractivity contribution < 1.29 is 9.90 Å². The topological polar surface area (TPSA) is 120 Å². The molecular weight excluding hydrogens is 250 g/mol. The van der Waals surface area contributed by atoms with Gasteiger partial charge >= 0.3 is 11.7 Å². The van der Waals surface area contributed by atoms with E-state index in [-0.39, 0.29) is 11.4 Å². The molecule has 0 aliphatic heterocycles. The van der Waals surface area contributed by atoms with E-state index in [4.69, 9.17) is 5.11 Å². The third-order valence-electron chi connectivity index (χ3n) is 2.12. The quantitative estimate of drug-likeness (QED) is 0.536. The molecule has 0 saturated carbocycles. The van der Waals surface area contributed by atoms with Crippen molar-refractivity contribution in [2.45, 2.75) is 0 Å². The third kappa shape index (κ3) is 3.46. The first-order valence-electron chi connectivity index (χ1n) is 5.19. The molecule has 8 heteroatoms. The molecule has 0 saturated heterocycles. The Kier molecular flexibility index (Phi) is 3.62. The fourth-order valence-corrected chi connectivity index (χ4v) is 1.25. The first-order valence-corrected chi connectivity index (χ1v) is 5.19. The van der Waals surface area contributed by atoms with E-state index in [1.165, 1.54) is 24.5 Å². The zero-order valence-electron chi connectivity index (χ0n) is 9.57. The van der Waals surface area contributed by atoms with Gasteiger partial charge in [-0.2, -0.15) is 15.2 Å². The summed E-state index contributed by atoms with van der Waals surface area (Å²) in [7, 11) is 0. The van der Waals surface area contributed by atoms with E-state index in [9.17, 15) is 9.59 Å². The van der Waals surface area contributed by atoms with Crippen LogP contribution in [0.4, 0.5) is 5.82 Å². The van der Waals surface area contributed by atoms with Crippen LogP contribution in [0, 0.1) is 0 Å². The molecule has 0 unspecified atom stereocenters. The van der Waals surface area contributed by atoms with Crippen LogP contribution >= 0.6 is 0 Å². The van der Waals surface area contributed by atoms with E-state index in [1.54, 1.807) is 12.1 Å². The SMILES string of the molecule is O=C(O)c1ccc(/C=N\Nc2cn[nH]c(=O)n2)cc1. The molecule has 0 atom stereocenters. The highest BCUT2D eigenvalue weighted by molar-refractivity contribution is 5.89. The monoisotopic (exact) mass is 259 g/mol. The molecule has 96 valence electrons. The molecule has 2 rings (SSSR count). The number of benzene rings is 1. The predicted molar refractivity (Wildman–Crippen MR) is 67.3 cm³/mol. The largest absolute Gasteiger partial charge is 0.478 e. The summed E-state index contributed by atoms with van der Waals surface area (Å²) >= 11 is 0. The predicted octanol–water partition coefficient (Wildman–Crippen LogP) is 0.309. The van der Waals surface area contributed by atoms with Crippen molar-refractivity contribution in [3.63, 3.8) is 0 Å². The van der Waals surface area contributed by atoms with Gasteiger partial charge in [-0.05, 0) is 17.7 Å². The van der Waals surface area contributed by atoms with Crippen LogP contribution < -0.4 is 11.1 Å². The van der Waals surface area contributed by atoms with Crippen LogP contribution in [0.25, 0.3) is 0 Å². The number of rotatable bonds is 4. The van der Waals surface area contributed by atoms with Crippen molar-refractivity contribution in [3.8, 4) is 0 Å². The van der Waals surface area contributed by atoms with Gasteiger partial charge in [-0.1, -0.05) is 12.1 Å². The number of carboxylic acids is 1. The van der Waals surface area contributed by atoms with E-state index in [1.807, 2.05) is 0 Å². The van der Waals surface area contributed by atoms with Crippen molar-refractivity contribution in [2.24, 2.45) is 5.10 Å². The van der Waals surface area contributed by atoms with Crippen LogP contribution in [-0.2, 0) is 0 Å². The molecule has 0 radical (unpaired) electrons. The van der Waals surface area contributed by atoms with Crippen LogP contribution in [-0.4, -0.2) is 32.5 Å². The fourth-order valence-electron chi connectivity index (χ4n) is 1.25. The molecule has 0 aliphatic carbocycles. The highest BCUT2D eigenvalue weighted by Crippen LogP contribution is 2.02. The molecule has 3 N–H and O–H groups in total. The van der Waals surface area contributed by atoms with E-state index < -0.39 is 11.7 Å². The number of nitrogens with one attached hydrogen (secondary N) is 2. The van der Waals surface area contributed by atoms with E-state index in [2.05, 4.69) is 25.7 Å². The Hall–Kier alpha value is -3.03. The number of carbonyl (C=O) groups is 1. The highest BCUT2D eigenvalue weighted by Gasteiger charge is 2.00. The van der Waals surface area contributed by atoms with Crippen molar-refractivity contribution in [3.05, 3.63) is 52.1 Å². The van der Waals surface area contributed by atoms with Gasteiger partial charge in [-0.3, -0.25) is 5.43 Å². The van der Waals surface area contributed by atoms with Crippen molar-refractivity contribution >= 4 is 18.0 Å². The molecular formula is C11H9N5O3. The minimum Gasteiger partial charge on any atom is -0.478 e. The third-order valence-corrected chi connectivity index (χ3v) is 2.12. The molecule has 19 heavy (non-hydrogen) atoms. The van der Waals surface area contributed by atoms with E-state index in [0.717, 1.165) is 0 Å². The Labute approximate surface area is 106 Å². The van der Waals surface area contributed by atoms with Crippen LogP contribution in [0.1, 0.15) is 15.9 Å². The Balaban J connectivity index is 2.03. The van der Waals surface area contributed by atoms with Gasteiger partial charge in [0, 0.05) is 0 Å². The minimum absolute atomic E-state index is 0.200. The van der Waals surface area contributed by atoms with Crippen LogP contribution in [0.3, 0.4) is 0 Å². The Bertz CT molecular complexity index is 663. The smallest absolute Gasteiger partial charge is 0.363 e. The van der Waals surface area contributed by atoms with Crippen molar-refractivity contribution in [2.75, 3.05) is 5.43 Å². The van der Waals surface area contributed by atoms with Crippen molar-refractivity contribution in [1.29, 1.82) is 0 Å². The molecule has 1 aromatic carbocycles. The van der Waals surface area contributed by atoms with Gasteiger partial charge in [-0.15, -0.1) is 0 Å². The molecule has 0 amide bonds. The molecule has 0 bridgehead atoms. The minimum atomic E-state index is -0.986. The summed E-state index contributed by atoms with van der Waals surface area (Å²) in [5, 5.41) is 18.3. The number of aromatic nitrogens is 3. The molecule has 0 aliphatic rings. The lowest BCUT2D eigenvalue weighted by atomic mass is 10.1. The zero-order valence-corrected chi connectivity index (χ0v) is 9.57. The van der Waals surface area contributed by atoms with Gasteiger partial charge in [0.05, 0.1) is 18.0 Å². The van der Waals surface area contributed by atoms with Gasteiger partial charge in [0.2, 0.25) is 0 Å². The molecule has 8 nitrogen and oxygen atoms in total. The van der Waals surface area contributed by atoms with Gasteiger partial charge in [0.15, 0.2) is 5.82 Å². The van der Waals surface area contributed by atoms with Gasteiger partial charge in [0.25, 0.3) is 0 Å². The molecule has 2 aromatic rings. The van der Waals surface area contributed by atoms with Crippen LogP contribution in [0.15, 0.2) is 40.4 Å². The number of anilines is 1. The number of hydrogen-bond acceptors (Lipinski definition) is 6. The summed E-state index contributed by atoms with van der Waals surface area (Å²) < 4.78 is 0. The summed E-state index contributed by atoms with van der Waals surface area (Å²) in [5.41, 5.74) is 2.86. The van der Waals surface area contributed by atoms with E-state index in [0.29, 0.717) is 5.56 Å². The fraction of sp³-hybridized carbons (Fsp3) is 0. The lowest BCUT2D eigenvalue weighted by molar-refractivity contribution is 0.0697. The summed E-state index contributed by atoms with van der Waals surface area (Å²) in [6, 6.07) is 6.16. The number of nitrogens with zero attached hydrogens (tertiary/aromatic N) is 3. The average Bonchev–Trinajstić information content (AvgIpc) is 2.39. The Morgan fingerprint density at radius 2 is 2.11 bits per heavy atom. The summed E-state index contributed by atoms with van der Waals surface area (Å²) in [6.07, 6.45) is 2.78. The number of aromatic carboxylic acids is 1. The number of carboxylic acid groups (broad SMARTS) is 1. The lowest BCUT2D eigenvalue weighted by Gasteiger charge is -1.97. The first-order chi connectivity index (χ1) is 9.15. The van der Waals surface area contributed by atoms with Gasteiger partial charge in [-0.25, -0.2) is 14.7 Å². The first kappa shape index (κ1) is 12.4. The number of aromatic amines is 1. The maximum absolute atomic E-state index is 10.8. The number of hydrogen-bond donors (Lipinski definition) is 3. The number of hydrazone groups is 1. The second-order valence-electron chi connectivity index (χ2n) is 3.47. The zero-order chi connectivity index (χ0) is 13.7. The van der Waals surface area contributed by atoms with Crippen molar-refractivity contribution in [1.82, 2.24) is 15.2 Å². The summed E-state index contributed by atoms with van der Waals surface area (Å²) in [4.78, 5) is 25.1. The summed E-state index contributed by atoms with van der Waals surface area (Å²) in [5.74, 6) is -0.775. The second-order valence-corrected chi connectivity index (χ2v) is 3.47. The lowest BCUT2D eigenvalue weighted by Crippen LogP contribution is -2.13. The van der Waals surface area contributed by atoms with E-state index >= 15 is 0 Å². The Morgan fingerprint density at radius 1 is 1.37 bits per heavy atom. The molecule has 1 aromatic heterocycles. The Morgan fingerprint density at radius 3 is 2.74 bits per heavy atom. The molecule has 0 fully saturated rings. The van der Waals surface area contributed by atoms with Crippen LogP contribution in [0.2, 0.25) is 0 Å².